The van der Waals surface area contributed by atoms with E-state index < -0.39 is 0 Å². The second-order valence-corrected chi connectivity index (χ2v) is 4.56. The van der Waals surface area contributed by atoms with E-state index in [0.29, 0.717) is 17.0 Å². The average Bonchev–Trinajstić information content (AvgIpc) is 2.13. The van der Waals surface area contributed by atoms with Gasteiger partial charge in [0.05, 0.1) is 5.37 Å². The van der Waals surface area contributed by atoms with Gasteiger partial charge in [0, 0.05) is 11.7 Å². The molecule has 0 aromatic carbocycles. The molecule has 58 valence electrons. The van der Waals surface area contributed by atoms with Gasteiger partial charge in [-0.2, -0.15) is 0 Å². The van der Waals surface area contributed by atoms with Crippen molar-refractivity contribution in [3.63, 3.8) is 0 Å². The molecule has 0 aromatic rings. The Labute approximate surface area is 65.8 Å². The molecule has 0 spiro atoms. The maximum absolute atomic E-state index is 10.7. The van der Waals surface area contributed by atoms with Crippen LogP contribution in [0.15, 0.2) is 0 Å². The number of nitrogens with one attached hydrogen (secondary N) is 1. The molecule has 1 heterocycles. The molecule has 1 fully saturated rings. The highest BCUT2D eigenvalue weighted by Gasteiger charge is 2.21. The van der Waals surface area contributed by atoms with Gasteiger partial charge in [-0.3, -0.25) is 4.79 Å². The van der Waals surface area contributed by atoms with Crippen LogP contribution < -0.4 is 5.32 Å². The number of amides is 1. The molecule has 1 aliphatic heterocycles. The van der Waals surface area contributed by atoms with Gasteiger partial charge in [-0.25, -0.2) is 0 Å². The summed E-state index contributed by atoms with van der Waals surface area (Å²) < 4.78 is 0. The smallest absolute Gasteiger partial charge is 0.220 e. The highest BCUT2D eigenvalue weighted by atomic mass is 32.2. The first kappa shape index (κ1) is 7.92. The number of carbonyl (C=O) groups excluding carboxylic acids is 1. The molecule has 2 nitrogen and oxygen atoms in total. The zero-order chi connectivity index (χ0) is 7.56. The Morgan fingerprint density at radius 1 is 1.70 bits per heavy atom. The van der Waals surface area contributed by atoms with E-state index in [0.717, 1.165) is 6.42 Å². The average molecular weight is 159 g/mol. The summed E-state index contributed by atoms with van der Waals surface area (Å²) in [6, 6.07) is 0. The SMILES string of the molecule is CC(C)SC1CCC(=O)N1. The van der Waals surface area contributed by atoms with E-state index >= 15 is 0 Å². The van der Waals surface area contributed by atoms with Crippen LogP contribution in [0, 0.1) is 0 Å². The molecule has 0 saturated carbocycles. The fourth-order valence-electron chi connectivity index (χ4n) is 1.02. The molecule has 10 heavy (non-hydrogen) atoms. The quantitative estimate of drug-likeness (QED) is 0.659. The summed E-state index contributed by atoms with van der Waals surface area (Å²) in [6.07, 6.45) is 1.71. The zero-order valence-electron chi connectivity index (χ0n) is 6.39. The lowest BCUT2D eigenvalue weighted by Crippen LogP contribution is -2.23. The van der Waals surface area contributed by atoms with Crippen molar-refractivity contribution >= 4 is 17.7 Å². The van der Waals surface area contributed by atoms with Crippen molar-refractivity contribution in [1.29, 1.82) is 0 Å². The van der Waals surface area contributed by atoms with Crippen LogP contribution in [0.4, 0.5) is 0 Å². The van der Waals surface area contributed by atoms with Gasteiger partial charge in [0.1, 0.15) is 0 Å². The molecule has 0 aliphatic carbocycles. The molecule has 3 heteroatoms. The van der Waals surface area contributed by atoms with Gasteiger partial charge in [-0.05, 0) is 6.42 Å². The number of thioether (sulfide) groups is 1. The molecule has 1 rings (SSSR count). The van der Waals surface area contributed by atoms with Crippen LogP contribution in [0.2, 0.25) is 0 Å². The molecule has 1 atom stereocenters. The largest absolute Gasteiger partial charge is 0.344 e. The predicted octanol–water partition coefficient (Wildman–Crippen LogP) is 1.36. The number of hydrogen-bond donors (Lipinski definition) is 1. The minimum atomic E-state index is 0.207. The third kappa shape index (κ3) is 2.21. The third-order valence-electron chi connectivity index (χ3n) is 1.39. The summed E-state index contributed by atoms with van der Waals surface area (Å²) in [5, 5.41) is 3.91. The fraction of sp³-hybridized carbons (Fsp3) is 0.857. The van der Waals surface area contributed by atoms with Crippen LogP contribution in [0.3, 0.4) is 0 Å². The van der Waals surface area contributed by atoms with Crippen LogP contribution in [-0.2, 0) is 4.79 Å². The summed E-state index contributed by atoms with van der Waals surface area (Å²) in [4.78, 5) is 10.7. The molecule has 1 saturated heterocycles. The van der Waals surface area contributed by atoms with Gasteiger partial charge in [0.15, 0.2) is 0 Å². The molecule has 1 aliphatic rings. The van der Waals surface area contributed by atoms with E-state index in [-0.39, 0.29) is 5.91 Å². The maximum atomic E-state index is 10.7. The monoisotopic (exact) mass is 159 g/mol. The third-order valence-corrected chi connectivity index (χ3v) is 2.62. The van der Waals surface area contributed by atoms with Crippen molar-refractivity contribution in [1.82, 2.24) is 5.32 Å². The van der Waals surface area contributed by atoms with Gasteiger partial charge in [0.25, 0.3) is 0 Å². The minimum absolute atomic E-state index is 0.207. The first-order valence-corrected chi connectivity index (χ1v) is 4.57. The number of hydrogen-bond acceptors (Lipinski definition) is 2. The van der Waals surface area contributed by atoms with Crippen LogP contribution >= 0.6 is 11.8 Å². The number of rotatable bonds is 2. The predicted molar refractivity (Wildman–Crippen MR) is 43.9 cm³/mol. The topological polar surface area (TPSA) is 29.1 Å². The molecule has 1 N–H and O–H groups in total. The van der Waals surface area contributed by atoms with Gasteiger partial charge in [-0.1, -0.05) is 13.8 Å². The van der Waals surface area contributed by atoms with Crippen molar-refractivity contribution in [3.05, 3.63) is 0 Å². The summed E-state index contributed by atoms with van der Waals surface area (Å²) >= 11 is 1.83. The van der Waals surface area contributed by atoms with E-state index in [1.165, 1.54) is 0 Å². The second kappa shape index (κ2) is 3.28. The van der Waals surface area contributed by atoms with E-state index in [1.807, 2.05) is 11.8 Å². The Bertz CT molecular complexity index is 136. The second-order valence-electron chi connectivity index (χ2n) is 2.78. The van der Waals surface area contributed by atoms with Crippen molar-refractivity contribution in [3.8, 4) is 0 Å². The van der Waals surface area contributed by atoms with E-state index in [9.17, 15) is 4.79 Å². The lowest BCUT2D eigenvalue weighted by atomic mass is 10.4. The molecule has 0 aromatic heterocycles. The van der Waals surface area contributed by atoms with Crippen LogP contribution in [0.25, 0.3) is 0 Å². The standard InChI is InChI=1S/C7H13NOS/c1-5(2)10-7-4-3-6(9)8-7/h5,7H,3-4H2,1-2H3,(H,8,9). The minimum Gasteiger partial charge on any atom is -0.344 e. The van der Waals surface area contributed by atoms with Gasteiger partial charge >= 0.3 is 0 Å². The van der Waals surface area contributed by atoms with Crippen LogP contribution in [0.1, 0.15) is 26.7 Å². The van der Waals surface area contributed by atoms with Crippen molar-refractivity contribution in [2.45, 2.75) is 37.3 Å². The van der Waals surface area contributed by atoms with E-state index in [1.54, 1.807) is 0 Å². The van der Waals surface area contributed by atoms with E-state index in [4.69, 9.17) is 0 Å². The first-order chi connectivity index (χ1) is 4.68. The Hall–Kier alpha value is -0.180. The van der Waals surface area contributed by atoms with E-state index in [2.05, 4.69) is 19.2 Å². The first-order valence-electron chi connectivity index (χ1n) is 3.63. The maximum Gasteiger partial charge on any atom is 0.220 e. The van der Waals surface area contributed by atoms with Crippen LogP contribution in [0.5, 0.6) is 0 Å². The lowest BCUT2D eigenvalue weighted by Gasteiger charge is -2.11. The van der Waals surface area contributed by atoms with Crippen molar-refractivity contribution in [2.75, 3.05) is 0 Å². The van der Waals surface area contributed by atoms with Gasteiger partial charge < -0.3 is 5.32 Å². The Morgan fingerprint density at radius 2 is 2.40 bits per heavy atom. The molecule has 1 amide bonds. The molecule has 0 bridgehead atoms. The molecule has 0 radical (unpaired) electrons. The summed E-state index contributed by atoms with van der Waals surface area (Å²) in [7, 11) is 0. The Balaban J connectivity index is 2.24. The van der Waals surface area contributed by atoms with Crippen molar-refractivity contribution in [2.24, 2.45) is 0 Å². The molecular weight excluding hydrogens is 146 g/mol. The fourth-order valence-corrected chi connectivity index (χ4v) is 2.13. The highest BCUT2D eigenvalue weighted by Crippen LogP contribution is 2.22. The Morgan fingerprint density at radius 3 is 2.80 bits per heavy atom. The Kier molecular flexibility index (Phi) is 2.60. The summed E-state index contributed by atoms with van der Waals surface area (Å²) in [5.41, 5.74) is 0. The van der Waals surface area contributed by atoms with Gasteiger partial charge in [0.2, 0.25) is 5.91 Å². The molecular formula is C7H13NOS. The normalized spacial score (nSPS) is 25.5. The van der Waals surface area contributed by atoms with Crippen LogP contribution in [-0.4, -0.2) is 16.5 Å². The molecule has 1 unspecified atom stereocenters. The highest BCUT2D eigenvalue weighted by molar-refractivity contribution is 8.00. The lowest BCUT2D eigenvalue weighted by molar-refractivity contribution is -0.119. The summed E-state index contributed by atoms with van der Waals surface area (Å²) in [5.74, 6) is 0.207. The zero-order valence-corrected chi connectivity index (χ0v) is 7.20. The van der Waals surface area contributed by atoms with Gasteiger partial charge in [-0.15, -0.1) is 11.8 Å². The number of carbonyl (C=O) groups is 1. The summed E-state index contributed by atoms with van der Waals surface area (Å²) in [6.45, 7) is 4.30. The van der Waals surface area contributed by atoms with Crippen molar-refractivity contribution < 1.29 is 4.79 Å².